The molecule has 0 atom stereocenters. The average molecular weight is 387 g/mol. The summed E-state index contributed by atoms with van der Waals surface area (Å²) in [6, 6.07) is 17.8. The lowest BCUT2D eigenvalue weighted by Gasteiger charge is -2.05. The number of nitrogen functional groups attached to an aromatic ring is 1. The molecule has 0 saturated carbocycles. The second-order valence-electron chi connectivity index (χ2n) is 6.17. The number of ether oxygens (including phenoxy) is 1. The number of anilines is 1. The average Bonchev–Trinajstić information content (AvgIpc) is 3.16. The lowest BCUT2D eigenvalue weighted by Crippen LogP contribution is -2.15. The molecule has 0 bridgehead atoms. The third-order valence-electron chi connectivity index (χ3n) is 4.35. The number of fused-ring (bicyclic) bond motifs is 1. The highest BCUT2D eigenvalue weighted by atomic mass is 16.5. The van der Waals surface area contributed by atoms with Crippen molar-refractivity contribution in [2.75, 3.05) is 12.3 Å². The Morgan fingerprint density at radius 3 is 2.31 bits per heavy atom. The van der Waals surface area contributed by atoms with Gasteiger partial charge in [-0.3, -0.25) is 4.79 Å². The fourth-order valence-electron chi connectivity index (χ4n) is 3.00. The number of nitrogens with zero attached hydrogens (tertiary/aromatic N) is 4. The van der Waals surface area contributed by atoms with Gasteiger partial charge in [0.05, 0.1) is 6.61 Å². The van der Waals surface area contributed by atoms with Crippen LogP contribution < -0.4 is 5.73 Å². The minimum Gasteiger partial charge on any atom is -0.462 e. The summed E-state index contributed by atoms with van der Waals surface area (Å²) in [5, 5.41) is 12.5. The maximum Gasteiger partial charge on any atom is 0.344 e. The van der Waals surface area contributed by atoms with Gasteiger partial charge in [0.25, 0.3) is 0 Å². The number of aromatic nitrogens is 4. The number of carbonyl (C=O) groups excluding carboxylic acids is 2. The first kappa shape index (κ1) is 18.3. The van der Waals surface area contributed by atoms with Gasteiger partial charge >= 0.3 is 5.97 Å². The van der Waals surface area contributed by atoms with Crippen LogP contribution in [0.1, 0.15) is 33.3 Å². The number of esters is 1. The van der Waals surface area contributed by atoms with Crippen molar-refractivity contribution in [1.82, 2.24) is 19.8 Å². The number of rotatable bonds is 5. The van der Waals surface area contributed by atoms with Crippen LogP contribution in [0.25, 0.3) is 16.9 Å². The zero-order chi connectivity index (χ0) is 20.4. The van der Waals surface area contributed by atoms with E-state index in [1.165, 1.54) is 4.52 Å². The van der Waals surface area contributed by atoms with Gasteiger partial charge in [0.1, 0.15) is 11.3 Å². The number of ketones is 1. The first-order valence-electron chi connectivity index (χ1n) is 8.99. The Morgan fingerprint density at radius 1 is 1.00 bits per heavy atom. The molecule has 0 aliphatic carbocycles. The van der Waals surface area contributed by atoms with Crippen LogP contribution in [-0.4, -0.2) is 38.2 Å². The molecular weight excluding hydrogens is 370 g/mol. The lowest BCUT2D eigenvalue weighted by molar-refractivity contribution is 0.0529. The second-order valence-corrected chi connectivity index (χ2v) is 6.17. The van der Waals surface area contributed by atoms with Crippen LogP contribution in [0.4, 0.5) is 5.82 Å². The molecule has 4 rings (SSSR count). The SMILES string of the molecule is CCOC(=O)c1c(-c2ccccc2)nn2c(N)c(C(=O)c3ccccc3)nnc12. The van der Waals surface area contributed by atoms with Gasteiger partial charge in [-0.15, -0.1) is 10.2 Å². The van der Waals surface area contributed by atoms with Gasteiger partial charge in [0.2, 0.25) is 5.78 Å². The Balaban J connectivity index is 1.93. The lowest BCUT2D eigenvalue weighted by atomic mass is 10.1. The van der Waals surface area contributed by atoms with Crippen molar-refractivity contribution in [3.8, 4) is 11.3 Å². The summed E-state index contributed by atoms with van der Waals surface area (Å²) < 4.78 is 6.44. The van der Waals surface area contributed by atoms with E-state index in [-0.39, 0.29) is 35.1 Å². The van der Waals surface area contributed by atoms with Crippen LogP contribution in [-0.2, 0) is 4.74 Å². The van der Waals surface area contributed by atoms with Crippen molar-refractivity contribution >= 4 is 23.2 Å². The van der Waals surface area contributed by atoms with Gasteiger partial charge in [-0.2, -0.15) is 9.61 Å². The van der Waals surface area contributed by atoms with Crippen molar-refractivity contribution in [2.45, 2.75) is 6.92 Å². The first-order valence-corrected chi connectivity index (χ1v) is 8.99. The molecule has 2 aromatic heterocycles. The molecule has 29 heavy (non-hydrogen) atoms. The fourth-order valence-corrected chi connectivity index (χ4v) is 3.00. The van der Waals surface area contributed by atoms with E-state index in [0.29, 0.717) is 16.8 Å². The Bertz CT molecular complexity index is 1200. The molecule has 2 aromatic carbocycles. The molecule has 0 aliphatic rings. The highest BCUT2D eigenvalue weighted by molar-refractivity contribution is 6.10. The third-order valence-corrected chi connectivity index (χ3v) is 4.35. The first-order chi connectivity index (χ1) is 14.1. The molecule has 0 saturated heterocycles. The molecule has 144 valence electrons. The number of hydrogen-bond acceptors (Lipinski definition) is 7. The van der Waals surface area contributed by atoms with Gasteiger partial charge in [0.15, 0.2) is 17.2 Å². The Morgan fingerprint density at radius 2 is 1.66 bits per heavy atom. The minimum absolute atomic E-state index is 0.00316. The largest absolute Gasteiger partial charge is 0.462 e. The fraction of sp³-hybridized carbons (Fsp3) is 0.0952. The molecule has 2 heterocycles. The van der Waals surface area contributed by atoms with Crippen LogP contribution >= 0.6 is 0 Å². The van der Waals surface area contributed by atoms with Gasteiger partial charge in [-0.05, 0) is 6.92 Å². The summed E-state index contributed by atoms with van der Waals surface area (Å²) in [4.78, 5) is 25.4. The molecule has 8 heteroatoms. The van der Waals surface area contributed by atoms with E-state index in [4.69, 9.17) is 10.5 Å². The van der Waals surface area contributed by atoms with E-state index in [1.54, 1.807) is 37.3 Å². The van der Waals surface area contributed by atoms with E-state index in [0.717, 1.165) is 0 Å². The summed E-state index contributed by atoms with van der Waals surface area (Å²) in [6.07, 6.45) is 0. The summed E-state index contributed by atoms with van der Waals surface area (Å²) in [5.74, 6) is -0.972. The zero-order valence-corrected chi connectivity index (χ0v) is 15.6. The number of benzene rings is 2. The van der Waals surface area contributed by atoms with E-state index >= 15 is 0 Å². The predicted molar refractivity (Wildman–Crippen MR) is 106 cm³/mol. The molecule has 8 nitrogen and oxygen atoms in total. The topological polar surface area (TPSA) is 112 Å². The van der Waals surface area contributed by atoms with Crippen molar-refractivity contribution in [3.63, 3.8) is 0 Å². The summed E-state index contributed by atoms with van der Waals surface area (Å²) >= 11 is 0. The molecule has 2 N–H and O–H groups in total. The predicted octanol–water partition coefficient (Wildman–Crippen LogP) is 2.78. The molecule has 4 aromatic rings. The van der Waals surface area contributed by atoms with Crippen LogP contribution in [0.5, 0.6) is 0 Å². The molecule has 0 fully saturated rings. The molecule has 0 aliphatic heterocycles. The molecular formula is C21H17N5O3. The third kappa shape index (κ3) is 3.20. The molecule has 0 amide bonds. The van der Waals surface area contributed by atoms with Crippen LogP contribution in [0.15, 0.2) is 60.7 Å². The smallest absolute Gasteiger partial charge is 0.344 e. The van der Waals surface area contributed by atoms with Crippen LogP contribution in [0, 0.1) is 0 Å². The Kier molecular flexibility index (Phi) is 4.74. The number of hydrogen-bond donors (Lipinski definition) is 1. The maximum absolute atomic E-state index is 12.8. The molecule has 0 unspecified atom stereocenters. The number of nitrogens with two attached hydrogens (primary N) is 1. The number of carbonyl (C=O) groups is 2. The minimum atomic E-state index is -0.586. The van der Waals surface area contributed by atoms with E-state index in [9.17, 15) is 9.59 Å². The van der Waals surface area contributed by atoms with E-state index in [2.05, 4.69) is 15.3 Å². The Hall–Kier alpha value is -4.07. The highest BCUT2D eigenvalue weighted by Gasteiger charge is 2.27. The summed E-state index contributed by atoms with van der Waals surface area (Å²) in [7, 11) is 0. The van der Waals surface area contributed by atoms with Gasteiger partial charge in [0, 0.05) is 11.1 Å². The van der Waals surface area contributed by atoms with E-state index in [1.807, 2.05) is 30.3 Å². The summed E-state index contributed by atoms with van der Waals surface area (Å²) in [6.45, 7) is 1.90. The van der Waals surface area contributed by atoms with Gasteiger partial charge < -0.3 is 10.5 Å². The van der Waals surface area contributed by atoms with Crippen LogP contribution in [0.2, 0.25) is 0 Å². The Labute approximate surface area is 165 Å². The molecule has 0 radical (unpaired) electrons. The highest BCUT2D eigenvalue weighted by Crippen LogP contribution is 2.28. The van der Waals surface area contributed by atoms with Gasteiger partial charge in [-0.1, -0.05) is 60.7 Å². The standard InChI is InChI=1S/C21H17N5O3/c1-2-29-21(28)15-16(13-9-5-3-6-10-13)25-26-19(22)17(23-24-20(15)26)18(27)14-11-7-4-8-12-14/h3-12H,2,22H2,1H3. The zero-order valence-electron chi connectivity index (χ0n) is 15.6. The van der Waals surface area contributed by atoms with Crippen molar-refractivity contribution < 1.29 is 14.3 Å². The van der Waals surface area contributed by atoms with Crippen molar-refractivity contribution in [1.29, 1.82) is 0 Å². The second kappa shape index (κ2) is 7.51. The maximum atomic E-state index is 12.8. The molecule has 0 spiro atoms. The normalized spacial score (nSPS) is 10.8. The van der Waals surface area contributed by atoms with Crippen LogP contribution in [0.3, 0.4) is 0 Å². The van der Waals surface area contributed by atoms with Crippen molar-refractivity contribution in [3.05, 3.63) is 77.5 Å². The quantitative estimate of drug-likeness (QED) is 0.414. The monoisotopic (exact) mass is 387 g/mol. The van der Waals surface area contributed by atoms with Crippen molar-refractivity contribution in [2.24, 2.45) is 0 Å². The van der Waals surface area contributed by atoms with E-state index < -0.39 is 5.97 Å². The summed E-state index contributed by atoms with van der Waals surface area (Å²) in [5.41, 5.74) is 7.93. The van der Waals surface area contributed by atoms with Gasteiger partial charge in [-0.25, -0.2) is 4.79 Å².